The number of hydrogen-bond donors (Lipinski definition) is 0. The number of rotatable bonds is 2. The molecule has 2 heteroatoms. The predicted octanol–water partition coefficient (Wildman–Crippen LogP) is 2.52. The summed E-state index contributed by atoms with van der Waals surface area (Å²) in [4.78, 5) is 0.830. The van der Waals surface area contributed by atoms with E-state index in [4.69, 9.17) is 0 Å². The Labute approximate surface area is 80.8 Å². The van der Waals surface area contributed by atoms with Gasteiger partial charge in [0.15, 0.2) is 0 Å². The van der Waals surface area contributed by atoms with Crippen LogP contribution in [0.2, 0.25) is 0 Å². The average molecular weight is 196 g/mol. The molecule has 1 aromatic carbocycles. The van der Waals surface area contributed by atoms with Crippen molar-refractivity contribution in [2.45, 2.75) is 24.7 Å². The van der Waals surface area contributed by atoms with E-state index < -0.39 is 9.52 Å². The fourth-order valence-electron chi connectivity index (χ4n) is 1.14. The van der Waals surface area contributed by atoms with Crippen molar-refractivity contribution in [2.75, 3.05) is 6.26 Å². The van der Waals surface area contributed by atoms with E-state index >= 15 is 0 Å². The van der Waals surface area contributed by atoms with Crippen molar-refractivity contribution in [3.63, 3.8) is 0 Å². The summed E-state index contributed by atoms with van der Waals surface area (Å²) in [6.45, 7) is 4.28. The molecule has 13 heavy (non-hydrogen) atoms. The van der Waals surface area contributed by atoms with Gasteiger partial charge in [-0.2, -0.15) is 0 Å². The van der Waals surface area contributed by atoms with E-state index in [0.717, 1.165) is 4.90 Å². The summed E-state index contributed by atoms with van der Waals surface area (Å²) in [5.41, 5.74) is 1.27. The first-order valence-electron chi connectivity index (χ1n) is 4.33. The Morgan fingerprint density at radius 2 is 1.69 bits per heavy atom. The first kappa shape index (κ1) is 10.3. The topological polar surface area (TPSA) is 17.1 Å². The van der Waals surface area contributed by atoms with E-state index in [-0.39, 0.29) is 0 Å². The molecule has 0 N–H and O–H groups in total. The monoisotopic (exact) mass is 196 g/mol. The molecule has 0 radical (unpaired) electrons. The molecule has 0 saturated carbocycles. The second-order valence-electron chi connectivity index (χ2n) is 3.73. The van der Waals surface area contributed by atoms with E-state index in [1.807, 2.05) is 24.3 Å². The van der Waals surface area contributed by atoms with Crippen LogP contribution >= 0.6 is 0 Å². The van der Waals surface area contributed by atoms with Gasteiger partial charge < -0.3 is 0 Å². The number of benzene rings is 1. The maximum atomic E-state index is 11.6. The van der Waals surface area contributed by atoms with Crippen LogP contribution < -0.4 is 0 Å². The minimum absolute atomic E-state index is 0.520. The Morgan fingerprint density at radius 1 is 1.23 bits per heavy atom. The lowest BCUT2D eigenvalue weighted by Gasteiger charge is -2.07. The van der Waals surface area contributed by atoms with Gasteiger partial charge >= 0.3 is 0 Å². The highest BCUT2D eigenvalue weighted by Crippen LogP contribution is 2.16. The zero-order valence-corrected chi connectivity index (χ0v) is 9.23. The van der Waals surface area contributed by atoms with E-state index in [1.165, 1.54) is 5.56 Å². The molecule has 0 aliphatic carbocycles. The quantitative estimate of drug-likeness (QED) is 0.664. The van der Waals surface area contributed by atoms with Gasteiger partial charge in [-0.25, -0.2) is 0 Å². The highest BCUT2D eigenvalue weighted by atomic mass is 32.2. The lowest BCUT2D eigenvalue weighted by atomic mass is 10.0. The molecular weight excluding hydrogens is 180 g/mol. The third-order valence-electron chi connectivity index (χ3n) is 2.05. The van der Waals surface area contributed by atoms with Crippen molar-refractivity contribution in [3.8, 4) is 0 Å². The van der Waals surface area contributed by atoms with Crippen LogP contribution in [0, 0.1) is 0 Å². The molecule has 0 aliphatic heterocycles. The molecule has 0 aliphatic rings. The van der Waals surface area contributed by atoms with Gasteiger partial charge in [-0.3, -0.25) is 4.21 Å². The molecule has 1 aromatic rings. The molecule has 0 spiro atoms. The lowest BCUT2D eigenvalue weighted by Crippen LogP contribution is -1.97. The van der Waals surface area contributed by atoms with Gasteiger partial charge in [-0.05, 0) is 39.0 Å². The summed E-state index contributed by atoms with van der Waals surface area (Å²) in [7, 11) is -2.05. The van der Waals surface area contributed by atoms with Crippen molar-refractivity contribution in [2.24, 2.45) is 0 Å². The van der Waals surface area contributed by atoms with Gasteiger partial charge in [0.25, 0.3) is 0 Å². The van der Waals surface area contributed by atoms with E-state index in [2.05, 4.69) is 19.7 Å². The van der Waals surface area contributed by atoms with Crippen LogP contribution in [0.15, 0.2) is 29.2 Å². The molecular formula is C11H16OS. The third kappa shape index (κ3) is 2.59. The van der Waals surface area contributed by atoms with Crippen molar-refractivity contribution < 1.29 is 4.21 Å². The highest BCUT2D eigenvalue weighted by molar-refractivity contribution is 7.99. The lowest BCUT2D eigenvalue weighted by molar-refractivity contribution is 0.685. The summed E-state index contributed by atoms with van der Waals surface area (Å²) >= 11 is 0. The van der Waals surface area contributed by atoms with Crippen LogP contribution in [0.3, 0.4) is 0 Å². The van der Waals surface area contributed by atoms with Crippen molar-refractivity contribution in [3.05, 3.63) is 29.8 Å². The molecule has 1 rings (SSSR count). The van der Waals surface area contributed by atoms with Gasteiger partial charge in [0.1, 0.15) is 0 Å². The SMILES string of the molecule is C=S(C)(=O)c1ccc(C(C)C)cc1. The van der Waals surface area contributed by atoms with Crippen LogP contribution in [0.4, 0.5) is 0 Å². The molecule has 0 aromatic heterocycles. The van der Waals surface area contributed by atoms with Crippen molar-refractivity contribution in [1.29, 1.82) is 0 Å². The molecule has 0 heterocycles. The van der Waals surface area contributed by atoms with Crippen LogP contribution in [0.25, 0.3) is 0 Å². The Balaban J connectivity index is 3.08. The van der Waals surface area contributed by atoms with E-state index in [0.29, 0.717) is 5.92 Å². The Kier molecular flexibility index (Phi) is 2.81. The van der Waals surface area contributed by atoms with Gasteiger partial charge in [0.2, 0.25) is 0 Å². The maximum absolute atomic E-state index is 11.6. The van der Waals surface area contributed by atoms with E-state index in [1.54, 1.807) is 6.26 Å². The number of hydrogen-bond acceptors (Lipinski definition) is 1. The molecule has 0 amide bonds. The molecule has 72 valence electrons. The minimum Gasteiger partial charge on any atom is -0.263 e. The molecule has 0 fully saturated rings. The van der Waals surface area contributed by atoms with Crippen molar-refractivity contribution >= 4 is 15.4 Å². The van der Waals surface area contributed by atoms with Gasteiger partial charge in [-0.1, -0.05) is 26.0 Å². The largest absolute Gasteiger partial charge is 0.263 e. The second-order valence-corrected chi connectivity index (χ2v) is 6.21. The van der Waals surface area contributed by atoms with Gasteiger partial charge in [0, 0.05) is 11.2 Å². The smallest absolute Gasteiger partial charge is 0.0302 e. The average Bonchev–Trinajstić information content (AvgIpc) is 2.03. The summed E-state index contributed by atoms with van der Waals surface area (Å²) in [6, 6.07) is 7.86. The van der Waals surface area contributed by atoms with Crippen LogP contribution in [0.5, 0.6) is 0 Å². The van der Waals surface area contributed by atoms with Gasteiger partial charge in [-0.15, -0.1) is 0 Å². The molecule has 1 nitrogen and oxygen atoms in total. The fourth-order valence-corrected chi connectivity index (χ4v) is 1.85. The Morgan fingerprint density at radius 3 is 2.00 bits per heavy atom. The summed E-state index contributed by atoms with van der Waals surface area (Å²) in [5.74, 6) is 4.16. The molecule has 0 bridgehead atoms. The zero-order valence-electron chi connectivity index (χ0n) is 8.41. The maximum Gasteiger partial charge on any atom is 0.0302 e. The zero-order chi connectivity index (χ0) is 10.1. The van der Waals surface area contributed by atoms with Crippen molar-refractivity contribution in [1.82, 2.24) is 0 Å². The Hall–Kier alpha value is -0.760. The predicted molar refractivity (Wildman–Crippen MR) is 60.0 cm³/mol. The first-order valence-corrected chi connectivity index (χ1v) is 6.47. The normalized spacial score (nSPS) is 15.7. The van der Waals surface area contributed by atoms with E-state index in [9.17, 15) is 4.21 Å². The Bertz CT molecular complexity index is 371. The summed E-state index contributed by atoms with van der Waals surface area (Å²) in [6.07, 6.45) is 1.66. The minimum atomic E-state index is -2.05. The van der Waals surface area contributed by atoms with Crippen LogP contribution in [-0.2, 0) is 9.52 Å². The standard InChI is InChI=1S/C11H16OS/c1-9(2)10-5-7-11(8-6-10)13(3,4)12/h5-9H,3H2,1-2,4H3. The van der Waals surface area contributed by atoms with Gasteiger partial charge in [0.05, 0.1) is 0 Å². The second kappa shape index (κ2) is 3.54. The fraction of sp³-hybridized carbons (Fsp3) is 0.364. The molecule has 0 saturated heterocycles. The van der Waals surface area contributed by atoms with Crippen LogP contribution in [-0.4, -0.2) is 16.3 Å². The highest BCUT2D eigenvalue weighted by Gasteiger charge is 2.02. The summed E-state index contributed by atoms with van der Waals surface area (Å²) < 4.78 is 11.6. The molecule has 1 unspecified atom stereocenters. The molecule has 1 atom stereocenters. The third-order valence-corrected chi connectivity index (χ3v) is 3.31. The first-order chi connectivity index (χ1) is 5.91. The summed E-state index contributed by atoms with van der Waals surface area (Å²) in [5, 5.41) is 0. The van der Waals surface area contributed by atoms with Crippen LogP contribution in [0.1, 0.15) is 25.3 Å².